The van der Waals surface area contributed by atoms with E-state index in [1.807, 2.05) is 0 Å². The van der Waals surface area contributed by atoms with E-state index >= 15 is 0 Å². The first kappa shape index (κ1) is 24.1. The maximum atomic E-state index is 11.9. The van der Waals surface area contributed by atoms with Crippen LogP contribution >= 0.6 is 0 Å². The Balaban J connectivity index is 3.77. The SMILES string of the molecule is CCCCCCCCCCCC(CCCCCCCC)C(=O)ON=O. The number of unbranched alkanes of at least 4 members (excludes halogenated alkanes) is 13. The van der Waals surface area contributed by atoms with Crippen LogP contribution < -0.4 is 0 Å². The van der Waals surface area contributed by atoms with Crippen molar-refractivity contribution in [1.82, 2.24) is 0 Å². The normalized spacial score (nSPS) is 12.1. The number of nitrogens with zero attached hydrogens (tertiary/aromatic N) is 1. The molecule has 0 aromatic rings. The van der Waals surface area contributed by atoms with Gasteiger partial charge >= 0.3 is 5.97 Å². The summed E-state index contributed by atoms with van der Waals surface area (Å²) in [7, 11) is 0. The lowest BCUT2D eigenvalue weighted by atomic mass is 9.94. The van der Waals surface area contributed by atoms with Gasteiger partial charge in [0.1, 0.15) is 0 Å². The number of hydrogen-bond acceptors (Lipinski definition) is 4. The Labute approximate surface area is 155 Å². The number of carbonyl (C=O) groups is 1. The molecule has 0 radical (unpaired) electrons. The zero-order chi connectivity index (χ0) is 18.6. The van der Waals surface area contributed by atoms with Crippen LogP contribution in [-0.4, -0.2) is 5.97 Å². The zero-order valence-corrected chi connectivity index (χ0v) is 16.8. The summed E-state index contributed by atoms with van der Waals surface area (Å²) in [6, 6.07) is 0. The first-order chi connectivity index (χ1) is 12.3. The largest absolute Gasteiger partial charge is 0.341 e. The second-order valence-electron chi connectivity index (χ2n) is 7.36. The second-order valence-corrected chi connectivity index (χ2v) is 7.36. The molecule has 1 atom stereocenters. The quantitative estimate of drug-likeness (QED) is 0.137. The lowest BCUT2D eigenvalue weighted by Crippen LogP contribution is -2.15. The maximum absolute atomic E-state index is 11.9. The molecule has 0 aliphatic heterocycles. The third kappa shape index (κ3) is 16.3. The van der Waals surface area contributed by atoms with E-state index in [4.69, 9.17) is 0 Å². The molecule has 0 saturated heterocycles. The molecule has 0 aromatic heterocycles. The summed E-state index contributed by atoms with van der Waals surface area (Å²) in [4.78, 5) is 26.4. The lowest BCUT2D eigenvalue weighted by molar-refractivity contribution is -0.149. The highest BCUT2D eigenvalue weighted by atomic mass is 16.7. The monoisotopic (exact) mass is 355 g/mol. The van der Waals surface area contributed by atoms with E-state index in [2.05, 4.69) is 24.0 Å². The van der Waals surface area contributed by atoms with Gasteiger partial charge in [-0.15, -0.1) is 4.91 Å². The van der Waals surface area contributed by atoms with Gasteiger partial charge in [0.05, 0.1) is 5.92 Å². The van der Waals surface area contributed by atoms with Gasteiger partial charge in [-0.2, -0.15) is 0 Å². The van der Waals surface area contributed by atoms with Crippen LogP contribution in [0.25, 0.3) is 0 Å². The molecule has 0 aromatic carbocycles. The predicted molar refractivity (Wildman–Crippen MR) is 105 cm³/mol. The first-order valence-electron chi connectivity index (χ1n) is 10.8. The second kappa shape index (κ2) is 19.4. The van der Waals surface area contributed by atoms with Gasteiger partial charge in [-0.05, 0) is 12.8 Å². The van der Waals surface area contributed by atoms with Crippen molar-refractivity contribution in [1.29, 1.82) is 0 Å². The Morgan fingerprint density at radius 2 is 1.04 bits per heavy atom. The Kier molecular flexibility index (Phi) is 18.7. The summed E-state index contributed by atoms with van der Waals surface area (Å²) in [5.41, 5.74) is 0. The summed E-state index contributed by atoms with van der Waals surface area (Å²) in [6.07, 6.45) is 20.4. The van der Waals surface area contributed by atoms with E-state index < -0.39 is 5.97 Å². The minimum Gasteiger partial charge on any atom is -0.284 e. The fraction of sp³-hybridized carbons (Fsp3) is 0.952. The van der Waals surface area contributed by atoms with Crippen LogP contribution in [0.15, 0.2) is 5.34 Å². The zero-order valence-electron chi connectivity index (χ0n) is 16.8. The average molecular weight is 356 g/mol. The van der Waals surface area contributed by atoms with Crippen molar-refractivity contribution in [2.24, 2.45) is 11.3 Å². The Bertz CT molecular complexity index is 308. The van der Waals surface area contributed by atoms with Crippen molar-refractivity contribution in [2.75, 3.05) is 0 Å². The first-order valence-corrected chi connectivity index (χ1v) is 10.8. The molecule has 0 fully saturated rings. The smallest absolute Gasteiger partial charge is 0.284 e. The van der Waals surface area contributed by atoms with E-state index in [-0.39, 0.29) is 5.92 Å². The van der Waals surface area contributed by atoms with E-state index in [9.17, 15) is 9.70 Å². The fourth-order valence-corrected chi connectivity index (χ4v) is 3.36. The van der Waals surface area contributed by atoms with Crippen molar-refractivity contribution < 1.29 is 9.63 Å². The van der Waals surface area contributed by atoms with Crippen molar-refractivity contribution in [3.8, 4) is 0 Å². The van der Waals surface area contributed by atoms with Crippen molar-refractivity contribution in [3.63, 3.8) is 0 Å². The van der Waals surface area contributed by atoms with Crippen LogP contribution in [0.2, 0.25) is 0 Å². The van der Waals surface area contributed by atoms with Gasteiger partial charge in [0.25, 0.3) is 0 Å². The van der Waals surface area contributed by atoms with Gasteiger partial charge in [0.15, 0.2) is 5.34 Å². The molecule has 0 aliphatic rings. The van der Waals surface area contributed by atoms with Crippen molar-refractivity contribution >= 4 is 5.97 Å². The van der Waals surface area contributed by atoms with Gasteiger partial charge < -0.3 is 0 Å². The molecule has 0 bridgehead atoms. The van der Waals surface area contributed by atoms with Crippen molar-refractivity contribution in [3.05, 3.63) is 4.91 Å². The van der Waals surface area contributed by atoms with Crippen LogP contribution in [0.4, 0.5) is 0 Å². The minimum absolute atomic E-state index is 0.145. The number of carbonyl (C=O) groups excluding carboxylic acids is 1. The molecule has 0 heterocycles. The number of hydrogen-bond donors (Lipinski definition) is 0. The highest BCUT2D eigenvalue weighted by Gasteiger charge is 2.20. The summed E-state index contributed by atoms with van der Waals surface area (Å²) in [5, 5.41) is 2.32. The molecule has 0 amide bonds. The van der Waals surface area contributed by atoms with Crippen LogP contribution in [0, 0.1) is 10.8 Å². The highest BCUT2D eigenvalue weighted by Crippen LogP contribution is 2.21. The Hall–Kier alpha value is -0.930. The molecule has 0 N–H and O–H groups in total. The third-order valence-corrected chi connectivity index (χ3v) is 5.02. The fourth-order valence-electron chi connectivity index (χ4n) is 3.36. The Morgan fingerprint density at radius 1 is 0.680 bits per heavy atom. The molecular weight excluding hydrogens is 314 g/mol. The van der Waals surface area contributed by atoms with Gasteiger partial charge in [0.2, 0.25) is 0 Å². The predicted octanol–water partition coefficient (Wildman–Crippen LogP) is 7.50. The van der Waals surface area contributed by atoms with Gasteiger partial charge in [-0.3, -0.25) is 4.84 Å². The minimum atomic E-state index is -0.428. The van der Waals surface area contributed by atoms with E-state index in [0.717, 1.165) is 32.1 Å². The standard InChI is InChI=1S/C21H41NO3/c1-3-5-7-9-11-12-13-15-17-19-20(21(23)25-22-24)18-16-14-10-8-6-4-2/h20H,3-19H2,1-2H3. The van der Waals surface area contributed by atoms with Gasteiger partial charge in [-0.1, -0.05) is 110 Å². The topological polar surface area (TPSA) is 55.7 Å². The molecule has 4 nitrogen and oxygen atoms in total. The number of rotatable bonds is 19. The van der Waals surface area contributed by atoms with Crippen molar-refractivity contribution in [2.45, 2.75) is 123 Å². The van der Waals surface area contributed by atoms with Crippen LogP contribution in [0.5, 0.6) is 0 Å². The molecular formula is C21H41NO3. The summed E-state index contributed by atoms with van der Waals surface area (Å²) < 4.78 is 0. The summed E-state index contributed by atoms with van der Waals surface area (Å²) >= 11 is 0. The van der Waals surface area contributed by atoms with Gasteiger partial charge in [0, 0.05) is 0 Å². The molecule has 0 saturated carbocycles. The maximum Gasteiger partial charge on any atom is 0.341 e. The Morgan fingerprint density at radius 3 is 1.40 bits per heavy atom. The average Bonchev–Trinajstić information content (AvgIpc) is 2.61. The van der Waals surface area contributed by atoms with E-state index in [1.54, 1.807) is 0 Å². The molecule has 1 unspecified atom stereocenters. The summed E-state index contributed by atoms with van der Waals surface area (Å²) in [5.74, 6) is -0.573. The third-order valence-electron chi connectivity index (χ3n) is 5.02. The lowest BCUT2D eigenvalue weighted by Gasteiger charge is -2.13. The molecule has 148 valence electrons. The van der Waals surface area contributed by atoms with Crippen LogP contribution in [0.3, 0.4) is 0 Å². The molecule has 25 heavy (non-hydrogen) atoms. The molecule has 0 rings (SSSR count). The van der Waals surface area contributed by atoms with E-state index in [1.165, 1.54) is 77.0 Å². The molecule has 0 aliphatic carbocycles. The van der Waals surface area contributed by atoms with E-state index in [0.29, 0.717) is 0 Å². The van der Waals surface area contributed by atoms with Gasteiger partial charge in [-0.25, -0.2) is 4.79 Å². The highest BCUT2D eigenvalue weighted by molar-refractivity contribution is 5.72. The van der Waals surface area contributed by atoms with Crippen LogP contribution in [0.1, 0.15) is 123 Å². The summed E-state index contributed by atoms with van der Waals surface area (Å²) in [6.45, 7) is 4.45. The molecule has 0 spiro atoms. The molecule has 4 heteroatoms. The van der Waals surface area contributed by atoms with Crippen LogP contribution in [-0.2, 0) is 9.63 Å².